The van der Waals surface area contributed by atoms with E-state index >= 15 is 4.39 Å². The number of ether oxygens (including phenoxy) is 1. The predicted molar refractivity (Wildman–Crippen MR) is 166 cm³/mol. The molecule has 0 bridgehead atoms. The number of H-pyrrole nitrogens is 1. The zero-order valence-electron chi connectivity index (χ0n) is 25.6. The van der Waals surface area contributed by atoms with Gasteiger partial charge in [-0.05, 0) is 72.9 Å². The number of hydrogen-bond acceptors (Lipinski definition) is 6. The highest BCUT2D eigenvalue weighted by Gasteiger charge is 2.35. The summed E-state index contributed by atoms with van der Waals surface area (Å²) in [4.78, 5) is 36.1. The van der Waals surface area contributed by atoms with Gasteiger partial charge in [-0.15, -0.1) is 0 Å². The number of aliphatic hydroxyl groups is 2. The van der Waals surface area contributed by atoms with Crippen LogP contribution in [0, 0.1) is 5.82 Å². The first-order valence-electron chi connectivity index (χ1n) is 15.0. The van der Waals surface area contributed by atoms with E-state index in [2.05, 4.69) is 9.97 Å². The van der Waals surface area contributed by atoms with E-state index in [9.17, 15) is 33.0 Å². The number of rotatable bonds is 6. The van der Waals surface area contributed by atoms with Gasteiger partial charge in [-0.25, -0.2) is 9.37 Å². The van der Waals surface area contributed by atoms with Crippen LogP contribution in [0.5, 0.6) is 5.75 Å². The van der Waals surface area contributed by atoms with Crippen molar-refractivity contribution in [2.24, 2.45) is 0 Å². The fourth-order valence-electron chi connectivity index (χ4n) is 6.07. The van der Waals surface area contributed by atoms with Crippen molar-refractivity contribution in [1.29, 1.82) is 0 Å². The molecule has 47 heavy (non-hydrogen) atoms. The Hall–Kier alpha value is -4.75. The largest absolute Gasteiger partial charge is 0.491 e. The highest BCUT2D eigenvalue weighted by Crippen LogP contribution is 2.39. The Morgan fingerprint density at radius 3 is 2.57 bits per heavy atom. The minimum absolute atomic E-state index is 0.0249. The van der Waals surface area contributed by atoms with Gasteiger partial charge in [0.15, 0.2) is 0 Å². The van der Waals surface area contributed by atoms with Crippen molar-refractivity contribution in [1.82, 2.24) is 14.9 Å². The van der Waals surface area contributed by atoms with Gasteiger partial charge in [-0.2, -0.15) is 13.2 Å². The summed E-state index contributed by atoms with van der Waals surface area (Å²) in [5, 5.41) is 21.7. The topological polar surface area (TPSA) is 119 Å². The molecule has 0 spiro atoms. The lowest BCUT2D eigenvalue weighted by Gasteiger charge is -2.26. The number of alkyl halides is 3. The number of anilines is 1. The summed E-state index contributed by atoms with van der Waals surface area (Å²) in [6.07, 6.45) is -2.41. The number of aliphatic hydroxyl groups excluding tert-OH is 1. The number of hydrogen-bond donors (Lipinski definition) is 3. The molecular weight excluding hydrogens is 620 g/mol. The SMILES string of the molecule is CC(C)(O)c1cc(F)c2c(c1)OCCN(c1cccc(-c3ccnc4[nH]c(C5=CCN(C(=O)CC(F)(F)F)CC5)cc34)c1CO)C2=O. The Kier molecular flexibility index (Phi) is 8.30. The van der Waals surface area contributed by atoms with Crippen LogP contribution in [0.2, 0.25) is 0 Å². The summed E-state index contributed by atoms with van der Waals surface area (Å²) < 4.78 is 59.3. The third kappa shape index (κ3) is 6.32. The number of nitrogens with zero attached hydrogens (tertiary/aromatic N) is 3. The van der Waals surface area contributed by atoms with Crippen LogP contribution in [0.3, 0.4) is 0 Å². The van der Waals surface area contributed by atoms with Gasteiger partial charge in [-0.1, -0.05) is 18.2 Å². The average Bonchev–Trinajstić information content (AvgIpc) is 3.38. The molecule has 2 aromatic heterocycles. The number of amides is 2. The quantitative estimate of drug-likeness (QED) is 0.230. The Balaban J connectivity index is 1.34. The second kappa shape index (κ2) is 12.1. The van der Waals surface area contributed by atoms with Crippen LogP contribution in [0.4, 0.5) is 23.2 Å². The number of carbonyl (C=O) groups excluding carboxylic acids is 2. The number of pyridine rings is 1. The van der Waals surface area contributed by atoms with Crippen LogP contribution in [0.25, 0.3) is 27.7 Å². The van der Waals surface area contributed by atoms with Crippen LogP contribution in [0.1, 0.15) is 53.9 Å². The fraction of sp³-hybridized carbons (Fsp3) is 0.324. The minimum atomic E-state index is -4.57. The second-order valence-electron chi connectivity index (χ2n) is 12.1. The standard InChI is InChI=1S/C34H32F4N4O5/c1-33(2,46)20-14-25(35)30-28(15-20)47-13-12-42(32(30)45)27-5-3-4-21(24(27)18-43)22-6-9-39-31-23(22)16-26(40-31)19-7-10-41(11-8-19)29(44)17-34(36,37)38/h3-7,9,14-16,43,46H,8,10-13,17-18H2,1-2H3,(H,39,40). The van der Waals surface area contributed by atoms with Gasteiger partial charge in [0, 0.05) is 35.9 Å². The lowest BCUT2D eigenvalue weighted by Crippen LogP contribution is -2.37. The Morgan fingerprint density at radius 2 is 1.89 bits per heavy atom. The molecule has 3 N–H and O–H groups in total. The van der Waals surface area contributed by atoms with Gasteiger partial charge in [0.25, 0.3) is 5.91 Å². The van der Waals surface area contributed by atoms with Crippen LogP contribution in [-0.2, 0) is 17.0 Å². The van der Waals surface area contributed by atoms with Gasteiger partial charge < -0.3 is 29.7 Å². The highest BCUT2D eigenvalue weighted by molar-refractivity contribution is 6.09. The summed E-state index contributed by atoms with van der Waals surface area (Å²) in [6.45, 7) is 2.86. The first-order valence-corrected chi connectivity index (χ1v) is 15.0. The molecule has 2 aromatic carbocycles. The van der Waals surface area contributed by atoms with Crippen molar-refractivity contribution < 1.29 is 42.1 Å². The zero-order chi connectivity index (χ0) is 33.7. The first-order chi connectivity index (χ1) is 22.2. The van der Waals surface area contributed by atoms with Crippen molar-refractivity contribution in [3.63, 3.8) is 0 Å². The molecule has 13 heteroatoms. The average molecular weight is 653 g/mol. The zero-order valence-corrected chi connectivity index (χ0v) is 25.6. The van der Waals surface area contributed by atoms with Crippen molar-refractivity contribution in [3.05, 3.63) is 82.9 Å². The molecule has 0 radical (unpaired) electrons. The molecule has 2 aliphatic heterocycles. The van der Waals surface area contributed by atoms with E-state index in [4.69, 9.17) is 4.74 Å². The summed E-state index contributed by atoms with van der Waals surface area (Å²) in [5.41, 5.74) is 2.78. The molecule has 9 nitrogen and oxygen atoms in total. The number of carbonyl (C=O) groups is 2. The molecular formula is C34H32F4N4O5. The van der Waals surface area contributed by atoms with Crippen molar-refractivity contribution in [3.8, 4) is 16.9 Å². The summed E-state index contributed by atoms with van der Waals surface area (Å²) >= 11 is 0. The molecule has 2 aliphatic rings. The minimum Gasteiger partial charge on any atom is -0.491 e. The third-order valence-corrected chi connectivity index (χ3v) is 8.47. The second-order valence-corrected chi connectivity index (χ2v) is 12.1. The number of halogens is 4. The van der Waals surface area contributed by atoms with Gasteiger partial charge in [0.1, 0.15) is 35.8 Å². The number of aromatic nitrogens is 2. The van der Waals surface area contributed by atoms with E-state index in [0.717, 1.165) is 11.6 Å². The maximum atomic E-state index is 15.4. The molecule has 4 aromatic rings. The van der Waals surface area contributed by atoms with Crippen LogP contribution < -0.4 is 9.64 Å². The summed E-state index contributed by atoms with van der Waals surface area (Å²) in [7, 11) is 0. The predicted octanol–water partition coefficient (Wildman–Crippen LogP) is 5.70. The van der Waals surface area contributed by atoms with E-state index in [1.165, 1.54) is 29.7 Å². The van der Waals surface area contributed by atoms with Crippen LogP contribution in [-0.4, -0.2) is 69.3 Å². The molecule has 0 saturated carbocycles. The highest BCUT2D eigenvalue weighted by atomic mass is 19.4. The molecule has 0 unspecified atom stereocenters. The maximum Gasteiger partial charge on any atom is 0.397 e. The Labute approximate surface area is 267 Å². The maximum absolute atomic E-state index is 15.4. The Morgan fingerprint density at radius 1 is 1.11 bits per heavy atom. The number of benzene rings is 2. The van der Waals surface area contributed by atoms with E-state index in [1.807, 2.05) is 6.07 Å². The molecule has 246 valence electrons. The number of aromatic amines is 1. The smallest absolute Gasteiger partial charge is 0.397 e. The molecule has 0 atom stereocenters. The van der Waals surface area contributed by atoms with Crippen LogP contribution in [0.15, 0.2) is 54.7 Å². The lowest BCUT2D eigenvalue weighted by atomic mass is 9.95. The van der Waals surface area contributed by atoms with Crippen molar-refractivity contribution in [2.45, 2.75) is 45.1 Å². The Bertz CT molecular complexity index is 1910. The monoisotopic (exact) mass is 652 g/mol. The number of nitrogens with one attached hydrogen (secondary N) is 1. The van der Waals surface area contributed by atoms with E-state index in [-0.39, 0.29) is 43.1 Å². The van der Waals surface area contributed by atoms with E-state index in [1.54, 1.807) is 36.5 Å². The van der Waals surface area contributed by atoms with Gasteiger partial charge in [0.2, 0.25) is 5.91 Å². The lowest BCUT2D eigenvalue weighted by molar-refractivity contribution is -0.161. The normalized spacial score (nSPS) is 15.7. The molecule has 6 rings (SSSR count). The van der Waals surface area contributed by atoms with Crippen molar-refractivity contribution in [2.75, 3.05) is 31.1 Å². The van der Waals surface area contributed by atoms with Gasteiger partial charge in [0.05, 0.1) is 24.4 Å². The van der Waals surface area contributed by atoms with E-state index < -0.39 is 42.4 Å². The molecule has 4 heterocycles. The number of fused-ring (bicyclic) bond motifs is 2. The third-order valence-electron chi connectivity index (χ3n) is 8.47. The summed E-state index contributed by atoms with van der Waals surface area (Å²) in [5.74, 6) is -2.43. The summed E-state index contributed by atoms with van der Waals surface area (Å²) in [6, 6.07) is 11.4. The molecule has 2 amide bonds. The first kappa shape index (κ1) is 32.2. The fourth-order valence-corrected chi connectivity index (χ4v) is 6.07. The molecule has 0 aliphatic carbocycles. The van der Waals surface area contributed by atoms with Gasteiger partial charge in [-0.3, -0.25) is 9.59 Å². The molecule has 0 fully saturated rings. The van der Waals surface area contributed by atoms with Crippen LogP contribution >= 0.6 is 0 Å². The van der Waals surface area contributed by atoms with Gasteiger partial charge >= 0.3 is 6.18 Å². The van der Waals surface area contributed by atoms with E-state index in [0.29, 0.717) is 45.5 Å². The van der Waals surface area contributed by atoms with Crippen molar-refractivity contribution >= 4 is 34.1 Å². The molecule has 0 saturated heterocycles.